The standard InChI is InChI=1S/C16H17ClO5S/c1-10(18)20-9-15-14(21-11(2)19)7-8-16(22-15)23-13-5-3-12(17)4-6-13/h3-8,14-16H,9H2,1-2H3/t14-,15+,16+/m0/s1. The predicted octanol–water partition coefficient (Wildman–Crippen LogP) is 3.21. The van der Waals surface area contributed by atoms with Gasteiger partial charge in [-0.05, 0) is 36.4 Å². The van der Waals surface area contributed by atoms with Crippen LogP contribution >= 0.6 is 23.4 Å². The summed E-state index contributed by atoms with van der Waals surface area (Å²) in [5.74, 6) is -0.827. The van der Waals surface area contributed by atoms with Crippen molar-refractivity contribution in [1.82, 2.24) is 0 Å². The number of carbonyl (C=O) groups excluding carboxylic acids is 2. The molecule has 0 N–H and O–H groups in total. The largest absolute Gasteiger partial charge is 0.463 e. The van der Waals surface area contributed by atoms with Crippen LogP contribution in [0.4, 0.5) is 0 Å². The molecule has 0 saturated heterocycles. The lowest BCUT2D eigenvalue weighted by atomic mass is 10.1. The summed E-state index contributed by atoms with van der Waals surface area (Å²) in [7, 11) is 0. The van der Waals surface area contributed by atoms with Crippen LogP contribution in [0.15, 0.2) is 41.3 Å². The fourth-order valence-electron chi connectivity index (χ4n) is 1.97. The number of halogens is 1. The molecule has 5 nitrogen and oxygen atoms in total. The zero-order valence-corrected chi connectivity index (χ0v) is 14.3. The van der Waals surface area contributed by atoms with Gasteiger partial charge in [-0.2, -0.15) is 0 Å². The van der Waals surface area contributed by atoms with E-state index in [4.69, 9.17) is 25.8 Å². The van der Waals surface area contributed by atoms with Gasteiger partial charge in [-0.3, -0.25) is 9.59 Å². The molecule has 0 unspecified atom stereocenters. The quantitative estimate of drug-likeness (QED) is 0.596. The number of carbonyl (C=O) groups is 2. The molecule has 2 rings (SSSR count). The molecule has 1 aliphatic heterocycles. The average molecular weight is 357 g/mol. The maximum atomic E-state index is 11.2. The highest BCUT2D eigenvalue weighted by molar-refractivity contribution is 8.00. The van der Waals surface area contributed by atoms with E-state index in [-0.39, 0.29) is 12.0 Å². The van der Waals surface area contributed by atoms with Gasteiger partial charge >= 0.3 is 11.9 Å². The Kier molecular flexibility index (Phi) is 6.50. The van der Waals surface area contributed by atoms with Gasteiger partial charge in [0, 0.05) is 23.8 Å². The van der Waals surface area contributed by atoms with Crippen LogP contribution in [0.3, 0.4) is 0 Å². The van der Waals surface area contributed by atoms with Crippen molar-refractivity contribution in [3.05, 3.63) is 41.4 Å². The highest BCUT2D eigenvalue weighted by atomic mass is 35.5. The molecule has 124 valence electrons. The van der Waals surface area contributed by atoms with Gasteiger partial charge in [-0.15, -0.1) is 0 Å². The Morgan fingerprint density at radius 3 is 2.48 bits per heavy atom. The number of hydrogen-bond donors (Lipinski definition) is 0. The predicted molar refractivity (Wildman–Crippen MR) is 87.3 cm³/mol. The zero-order chi connectivity index (χ0) is 16.8. The molecule has 0 bridgehead atoms. The van der Waals surface area contributed by atoms with Crippen molar-refractivity contribution >= 4 is 35.3 Å². The number of esters is 2. The number of ether oxygens (including phenoxy) is 3. The van der Waals surface area contributed by atoms with Crippen LogP contribution in [-0.4, -0.2) is 36.2 Å². The monoisotopic (exact) mass is 356 g/mol. The van der Waals surface area contributed by atoms with Crippen LogP contribution in [0.2, 0.25) is 5.02 Å². The van der Waals surface area contributed by atoms with Gasteiger partial charge in [-0.25, -0.2) is 0 Å². The van der Waals surface area contributed by atoms with E-state index in [1.165, 1.54) is 25.6 Å². The first-order chi connectivity index (χ1) is 10.9. The van der Waals surface area contributed by atoms with Gasteiger partial charge in [0.1, 0.15) is 24.3 Å². The lowest BCUT2D eigenvalue weighted by Crippen LogP contribution is -2.40. The average Bonchev–Trinajstić information content (AvgIpc) is 2.49. The van der Waals surface area contributed by atoms with Crippen LogP contribution in [-0.2, 0) is 23.8 Å². The second-order valence-electron chi connectivity index (χ2n) is 4.88. The number of rotatable bonds is 5. The van der Waals surface area contributed by atoms with Crippen molar-refractivity contribution in [1.29, 1.82) is 0 Å². The molecule has 1 heterocycles. The van der Waals surface area contributed by atoms with Crippen molar-refractivity contribution in [3.63, 3.8) is 0 Å². The Labute approximate surface area is 143 Å². The van der Waals surface area contributed by atoms with E-state index < -0.39 is 24.1 Å². The van der Waals surface area contributed by atoms with Crippen LogP contribution in [0.1, 0.15) is 13.8 Å². The summed E-state index contributed by atoms with van der Waals surface area (Å²) < 4.78 is 16.0. The van der Waals surface area contributed by atoms with E-state index in [0.717, 1.165) is 4.90 Å². The molecule has 7 heteroatoms. The van der Waals surface area contributed by atoms with Crippen molar-refractivity contribution in [2.75, 3.05) is 6.61 Å². The highest BCUT2D eigenvalue weighted by Gasteiger charge is 2.31. The minimum absolute atomic E-state index is 0.0231. The molecule has 0 radical (unpaired) electrons. The topological polar surface area (TPSA) is 61.8 Å². The van der Waals surface area contributed by atoms with Gasteiger partial charge in [-0.1, -0.05) is 23.4 Å². The molecule has 23 heavy (non-hydrogen) atoms. The van der Waals surface area contributed by atoms with E-state index in [1.807, 2.05) is 18.2 Å². The van der Waals surface area contributed by atoms with E-state index in [0.29, 0.717) is 5.02 Å². The van der Waals surface area contributed by atoms with Crippen LogP contribution < -0.4 is 0 Å². The molecular weight excluding hydrogens is 340 g/mol. The third-order valence-corrected chi connectivity index (χ3v) is 4.25. The minimum atomic E-state index is -0.575. The highest BCUT2D eigenvalue weighted by Crippen LogP contribution is 2.30. The molecule has 3 atom stereocenters. The Morgan fingerprint density at radius 2 is 1.87 bits per heavy atom. The minimum Gasteiger partial charge on any atom is -0.463 e. The molecule has 1 aromatic carbocycles. The summed E-state index contributed by atoms with van der Waals surface area (Å²) in [6.45, 7) is 2.67. The van der Waals surface area contributed by atoms with E-state index >= 15 is 0 Å². The molecule has 1 aliphatic rings. The Bertz CT molecular complexity index is 587. The molecule has 0 aliphatic carbocycles. The summed E-state index contributed by atoms with van der Waals surface area (Å²) >= 11 is 7.35. The number of benzene rings is 1. The maximum absolute atomic E-state index is 11.2. The first kappa shape index (κ1) is 17.8. The second kappa shape index (κ2) is 8.38. The van der Waals surface area contributed by atoms with Crippen LogP contribution in [0.5, 0.6) is 0 Å². The first-order valence-corrected chi connectivity index (χ1v) is 8.26. The van der Waals surface area contributed by atoms with Gasteiger partial charge in [0.2, 0.25) is 0 Å². The molecular formula is C16H17ClO5S. The van der Waals surface area contributed by atoms with Crippen LogP contribution in [0, 0.1) is 0 Å². The van der Waals surface area contributed by atoms with E-state index in [9.17, 15) is 9.59 Å². The van der Waals surface area contributed by atoms with Crippen molar-refractivity contribution in [2.24, 2.45) is 0 Å². The summed E-state index contributed by atoms with van der Waals surface area (Å²) in [6.07, 6.45) is 2.45. The SMILES string of the molecule is CC(=O)OC[C@H]1O[C@H](Sc2ccc(Cl)cc2)C=C[C@@H]1OC(C)=O. The fraction of sp³-hybridized carbons (Fsp3) is 0.375. The normalized spacial score (nSPS) is 23.3. The van der Waals surface area contributed by atoms with Crippen LogP contribution in [0.25, 0.3) is 0 Å². The summed E-state index contributed by atoms with van der Waals surface area (Å²) in [6, 6.07) is 7.38. The first-order valence-electron chi connectivity index (χ1n) is 7.00. The van der Waals surface area contributed by atoms with Crippen molar-refractivity contribution in [3.8, 4) is 0 Å². The second-order valence-corrected chi connectivity index (χ2v) is 6.48. The van der Waals surface area contributed by atoms with E-state index in [1.54, 1.807) is 18.2 Å². The zero-order valence-electron chi connectivity index (χ0n) is 12.7. The number of hydrogen-bond acceptors (Lipinski definition) is 6. The molecule has 0 spiro atoms. The Balaban J connectivity index is 2.03. The fourth-order valence-corrected chi connectivity index (χ4v) is 3.03. The Hall–Kier alpha value is -1.50. The van der Waals surface area contributed by atoms with E-state index in [2.05, 4.69) is 0 Å². The van der Waals surface area contributed by atoms with Gasteiger partial charge in [0.05, 0.1) is 0 Å². The van der Waals surface area contributed by atoms with Crippen molar-refractivity contribution < 1.29 is 23.8 Å². The van der Waals surface area contributed by atoms with Gasteiger partial charge in [0.25, 0.3) is 0 Å². The molecule has 0 aromatic heterocycles. The summed E-state index contributed by atoms with van der Waals surface area (Å²) in [5, 5.41) is 0.664. The third-order valence-electron chi connectivity index (χ3n) is 2.95. The van der Waals surface area contributed by atoms with Gasteiger partial charge in [0.15, 0.2) is 0 Å². The number of thioether (sulfide) groups is 1. The summed E-state index contributed by atoms with van der Waals surface area (Å²) in [5.41, 5.74) is -0.274. The maximum Gasteiger partial charge on any atom is 0.303 e. The summed E-state index contributed by atoms with van der Waals surface area (Å²) in [4.78, 5) is 23.1. The molecule has 0 saturated carbocycles. The van der Waals surface area contributed by atoms with Crippen molar-refractivity contribution in [2.45, 2.75) is 36.4 Å². The third kappa shape index (κ3) is 5.89. The lowest BCUT2D eigenvalue weighted by molar-refractivity contribution is -0.160. The lowest BCUT2D eigenvalue weighted by Gasteiger charge is -2.31. The Morgan fingerprint density at radius 1 is 1.17 bits per heavy atom. The smallest absolute Gasteiger partial charge is 0.303 e. The molecule has 1 aromatic rings. The van der Waals surface area contributed by atoms with Gasteiger partial charge < -0.3 is 14.2 Å². The molecule has 0 fully saturated rings. The molecule has 0 amide bonds.